The largest absolute Gasteiger partial charge is 0.493 e. The molecule has 0 saturated carbocycles. The molecule has 29 heavy (non-hydrogen) atoms. The van der Waals surface area contributed by atoms with E-state index in [0.29, 0.717) is 23.2 Å². The van der Waals surface area contributed by atoms with E-state index in [9.17, 15) is 0 Å². The van der Waals surface area contributed by atoms with Gasteiger partial charge in [-0.25, -0.2) is 0 Å². The van der Waals surface area contributed by atoms with Crippen LogP contribution in [0.4, 0.5) is 5.69 Å². The summed E-state index contributed by atoms with van der Waals surface area (Å²) in [4.78, 5) is 0. The van der Waals surface area contributed by atoms with E-state index < -0.39 is 0 Å². The molecule has 0 aliphatic heterocycles. The summed E-state index contributed by atoms with van der Waals surface area (Å²) in [5, 5.41) is 7.69. The van der Waals surface area contributed by atoms with Crippen molar-refractivity contribution in [1.82, 2.24) is 5.43 Å². The van der Waals surface area contributed by atoms with Crippen LogP contribution in [0.25, 0.3) is 0 Å². The summed E-state index contributed by atoms with van der Waals surface area (Å²) >= 11 is 5.27. The fourth-order valence-corrected chi connectivity index (χ4v) is 2.80. The van der Waals surface area contributed by atoms with Crippen molar-refractivity contribution >= 4 is 29.2 Å². The van der Waals surface area contributed by atoms with E-state index in [2.05, 4.69) is 34.9 Å². The molecule has 3 aromatic carbocycles. The lowest BCUT2D eigenvalue weighted by Crippen LogP contribution is -2.23. The molecule has 2 N–H and O–H groups in total. The average molecular weight is 406 g/mol. The maximum atomic E-state index is 6.05. The third kappa shape index (κ3) is 6.05. The van der Waals surface area contributed by atoms with Gasteiger partial charge < -0.3 is 14.8 Å². The van der Waals surface area contributed by atoms with E-state index in [0.717, 1.165) is 16.8 Å². The molecule has 6 heteroatoms. The second-order valence-electron chi connectivity index (χ2n) is 6.34. The van der Waals surface area contributed by atoms with Gasteiger partial charge in [0.15, 0.2) is 16.6 Å². The first kappa shape index (κ1) is 20.4. The number of nitrogens with one attached hydrogen (secondary N) is 2. The molecule has 3 aromatic rings. The molecule has 0 aliphatic carbocycles. The van der Waals surface area contributed by atoms with E-state index in [4.69, 9.17) is 21.7 Å². The Morgan fingerprint density at radius 2 is 1.76 bits per heavy atom. The Morgan fingerprint density at radius 3 is 2.48 bits per heavy atom. The minimum absolute atomic E-state index is 0.400. The second kappa shape index (κ2) is 10.2. The second-order valence-corrected chi connectivity index (χ2v) is 6.75. The first-order valence-electron chi connectivity index (χ1n) is 9.16. The Bertz CT molecular complexity index is 973. The number of benzene rings is 3. The van der Waals surface area contributed by atoms with Crippen LogP contribution in [0.3, 0.4) is 0 Å². The van der Waals surface area contributed by atoms with Crippen LogP contribution in [-0.2, 0) is 6.61 Å². The van der Waals surface area contributed by atoms with Crippen LogP contribution < -0.4 is 20.2 Å². The first-order chi connectivity index (χ1) is 14.2. The van der Waals surface area contributed by atoms with Gasteiger partial charge in [0.05, 0.1) is 13.3 Å². The highest BCUT2D eigenvalue weighted by molar-refractivity contribution is 7.80. The predicted octanol–water partition coefficient (Wildman–Crippen LogP) is 4.90. The molecule has 0 spiro atoms. The monoisotopic (exact) mass is 405 g/mol. The van der Waals surface area contributed by atoms with Crippen LogP contribution in [0.1, 0.15) is 16.7 Å². The van der Waals surface area contributed by atoms with E-state index in [1.54, 1.807) is 13.3 Å². The lowest BCUT2D eigenvalue weighted by atomic mass is 10.1. The van der Waals surface area contributed by atoms with Gasteiger partial charge in [-0.3, -0.25) is 5.43 Å². The van der Waals surface area contributed by atoms with Crippen molar-refractivity contribution in [1.29, 1.82) is 0 Å². The summed E-state index contributed by atoms with van der Waals surface area (Å²) in [7, 11) is 1.62. The molecule has 0 aliphatic rings. The zero-order valence-electron chi connectivity index (χ0n) is 16.4. The highest BCUT2D eigenvalue weighted by atomic mass is 32.1. The third-order valence-corrected chi connectivity index (χ3v) is 4.33. The van der Waals surface area contributed by atoms with Gasteiger partial charge in [-0.15, -0.1) is 0 Å². The first-order valence-corrected chi connectivity index (χ1v) is 9.57. The lowest BCUT2D eigenvalue weighted by Gasteiger charge is -2.13. The summed E-state index contributed by atoms with van der Waals surface area (Å²) in [5.74, 6) is 1.27. The van der Waals surface area contributed by atoms with Gasteiger partial charge in [-0.05, 0) is 49.0 Å². The normalized spacial score (nSPS) is 10.6. The number of nitrogens with zero attached hydrogens (tertiary/aromatic N) is 1. The predicted molar refractivity (Wildman–Crippen MR) is 122 cm³/mol. The number of para-hydroxylation sites is 2. The van der Waals surface area contributed by atoms with Crippen molar-refractivity contribution < 1.29 is 9.47 Å². The van der Waals surface area contributed by atoms with Crippen molar-refractivity contribution in [2.24, 2.45) is 5.10 Å². The molecule has 0 fully saturated rings. The Labute approximate surface area is 176 Å². The van der Waals surface area contributed by atoms with Crippen LogP contribution in [0.5, 0.6) is 11.5 Å². The summed E-state index contributed by atoms with van der Waals surface area (Å²) < 4.78 is 11.5. The molecular weight excluding hydrogens is 382 g/mol. The zero-order chi connectivity index (χ0) is 20.5. The molecule has 0 saturated heterocycles. The Balaban J connectivity index is 1.67. The number of thiocarbonyl (C=S) groups is 1. The molecule has 0 heterocycles. The van der Waals surface area contributed by atoms with E-state index in [1.807, 2.05) is 60.7 Å². The van der Waals surface area contributed by atoms with Crippen molar-refractivity contribution in [3.63, 3.8) is 0 Å². The third-order valence-electron chi connectivity index (χ3n) is 4.13. The van der Waals surface area contributed by atoms with Gasteiger partial charge in [-0.1, -0.05) is 54.1 Å². The zero-order valence-corrected chi connectivity index (χ0v) is 17.2. The quantitative estimate of drug-likeness (QED) is 0.333. The molecule has 5 nitrogen and oxygen atoms in total. The van der Waals surface area contributed by atoms with E-state index in [-0.39, 0.29) is 0 Å². The van der Waals surface area contributed by atoms with Gasteiger partial charge in [0.2, 0.25) is 0 Å². The molecule has 148 valence electrons. The molecule has 0 amide bonds. The number of anilines is 1. The van der Waals surface area contributed by atoms with Crippen LogP contribution >= 0.6 is 12.2 Å². The number of aryl methyl sites for hydroxylation is 1. The van der Waals surface area contributed by atoms with Crippen LogP contribution in [0, 0.1) is 6.92 Å². The van der Waals surface area contributed by atoms with E-state index in [1.165, 1.54) is 5.56 Å². The lowest BCUT2D eigenvalue weighted by molar-refractivity contribution is 0.284. The van der Waals surface area contributed by atoms with E-state index >= 15 is 0 Å². The average Bonchev–Trinajstić information content (AvgIpc) is 2.74. The summed E-state index contributed by atoms with van der Waals surface area (Å²) in [5.41, 5.74) is 6.79. The van der Waals surface area contributed by atoms with Crippen LogP contribution in [0.15, 0.2) is 77.9 Å². The summed E-state index contributed by atoms with van der Waals surface area (Å²) in [6, 6.07) is 23.5. The minimum atomic E-state index is 0.400. The van der Waals surface area contributed by atoms with Crippen LogP contribution in [0.2, 0.25) is 0 Å². The van der Waals surface area contributed by atoms with Crippen molar-refractivity contribution in [3.8, 4) is 11.5 Å². The molecule has 0 radical (unpaired) electrons. The summed E-state index contributed by atoms with van der Waals surface area (Å²) in [6.07, 6.45) is 1.66. The van der Waals surface area contributed by atoms with Gasteiger partial charge in [0.1, 0.15) is 6.61 Å². The Kier molecular flexibility index (Phi) is 7.19. The smallest absolute Gasteiger partial charge is 0.191 e. The summed E-state index contributed by atoms with van der Waals surface area (Å²) in [6.45, 7) is 2.49. The fourth-order valence-electron chi connectivity index (χ4n) is 2.63. The SMILES string of the molecule is COc1cccc(/C=N\NC(=S)Nc2ccccc2)c1OCc1ccc(C)cc1. The Hall–Kier alpha value is -3.38. The van der Waals surface area contributed by atoms with Crippen molar-refractivity contribution in [2.75, 3.05) is 12.4 Å². The van der Waals surface area contributed by atoms with Gasteiger partial charge >= 0.3 is 0 Å². The van der Waals surface area contributed by atoms with Crippen molar-refractivity contribution in [2.45, 2.75) is 13.5 Å². The molecule has 0 atom stereocenters. The Morgan fingerprint density at radius 1 is 1.00 bits per heavy atom. The molecule has 0 bridgehead atoms. The molecule has 0 unspecified atom stereocenters. The van der Waals surface area contributed by atoms with Gasteiger partial charge in [-0.2, -0.15) is 5.10 Å². The molecular formula is C23H23N3O2S. The van der Waals surface area contributed by atoms with Gasteiger partial charge in [0, 0.05) is 11.3 Å². The maximum Gasteiger partial charge on any atom is 0.191 e. The minimum Gasteiger partial charge on any atom is -0.493 e. The number of hydrogen-bond donors (Lipinski definition) is 2. The highest BCUT2D eigenvalue weighted by Gasteiger charge is 2.10. The van der Waals surface area contributed by atoms with Crippen LogP contribution in [-0.4, -0.2) is 18.4 Å². The molecule has 3 rings (SSSR count). The standard InChI is InChI=1S/C23H23N3O2S/c1-17-11-13-18(14-12-17)16-28-22-19(7-6-10-21(22)27-2)15-24-26-23(29)25-20-8-4-3-5-9-20/h3-15H,16H2,1-2H3,(H2,25,26,29)/b24-15-. The highest BCUT2D eigenvalue weighted by Crippen LogP contribution is 2.30. The van der Waals surface area contributed by atoms with Crippen molar-refractivity contribution in [3.05, 3.63) is 89.5 Å². The molecule has 0 aromatic heterocycles. The number of ether oxygens (including phenoxy) is 2. The fraction of sp³-hybridized carbons (Fsp3) is 0.130. The number of hydrazone groups is 1. The number of rotatable bonds is 7. The van der Waals surface area contributed by atoms with Gasteiger partial charge in [0.25, 0.3) is 0 Å². The number of hydrogen-bond acceptors (Lipinski definition) is 4. The topological polar surface area (TPSA) is 54.9 Å². The number of methoxy groups -OCH3 is 1. The maximum absolute atomic E-state index is 6.05.